The van der Waals surface area contributed by atoms with Crippen LogP contribution in [-0.2, 0) is 23.9 Å². The van der Waals surface area contributed by atoms with E-state index >= 15 is 0 Å². The normalized spacial score (nSPS) is 32.5. The predicted molar refractivity (Wildman–Crippen MR) is 114 cm³/mol. The van der Waals surface area contributed by atoms with Gasteiger partial charge in [-0.25, -0.2) is 0 Å². The van der Waals surface area contributed by atoms with Crippen LogP contribution >= 0.6 is 0 Å². The van der Waals surface area contributed by atoms with E-state index in [0.29, 0.717) is 19.4 Å². The summed E-state index contributed by atoms with van der Waals surface area (Å²) in [6.45, 7) is 13.4. The largest absolute Gasteiger partial charge is 0.466 e. The van der Waals surface area contributed by atoms with Crippen LogP contribution < -0.4 is 0 Å². The predicted octanol–water partition coefficient (Wildman–Crippen LogP) is 1.36. The van der Waals surface area contributed by atoms with E-state index in [9.17, 15) is 19.5 Å². The number of rotatable bonds is 9. The lowest BCUT2D eigenvalue weighted by atomic mass is 9.70. The summed E-state index contributed by atoms with van der Waals surface area (Å²) in [4.78, 5) is 43.7. The van der Waals surface area contributed by atoms with Crippen molar-refractivity contribution < 1.29 is 29.0 Å². The minimum Gasteiger partial charge on any atom is -0.466 e. The van der Waals surface area contributed by atoms with Gasteiger partial charge in [0.05, 0.1) is 37.2 Å². The maximum atomic E-state index is 13.9. The first-order chi connectivity index (χ1) is 14.7. The Labute approximate surface area is 184 Å². The molecule has 3 saturated heterocycles. The van der Waals surface area contributed by atoms with Crippen molar-refractivity contribution in [1.82, 2.24) is 9.80 Å². The van der Waals surface area contributed by atoms with Crippen molar-refractivity contribution in [1.29, 1.82) is 0 Å². The fourth-order valence-corrected chi connectivity index (χ4v) is 5.71. The Balaban J connectivity index is 2.11. The number of nitrogens with zero attached hydrogens (tertiary/aromatic N) is 2. The summed E-state index contributed by atoms with van der Waals surface area (Å²) in [7, 11) is 0. The quantitative estimate of drug-likeness (QED) is 0.433. The van der Waals surface area contributed by atoms with Gasteiger partial charge in [-0.1, -0.05) is 19.9 Å². The highest BCUT2D eigenvalue weighted by Gasteiger charge is 2.75. The lowest BCUT2D eigenvalue weighted by Crippen LogP contribution is -2.60. The molecule has 3 fully saturated rings. The Hall–Kier alpha value is -1.93. The number of likely N-dealkylation sites (tertiary alicyclic amines) is 1. The summed E-state index contributed by atoms with van der Waals surface area (Å²) < 4.78 is 11.6. The molecule has 0 aromatic carbocycles. The van der Waals surface area contributed by atoms with Gasteiger partial charge in [0.1, 0.15) is 11.6 Å². The van der Waals surface area contributed by atoms with E-state index in [1.165, 1.54) is 4.90 Å². The van der Waals surface area contributed by atoms with Gasteiger partial charge in [-0.3, -0.25) is 14.4 Å². The third-order valence-corrected chi connectivity index (χ3v) is 7.08. The van der Waals surface area contributed by atoms with Crippen LogP contribution in [0, 0.1) is 17.8 Å². The lowest BCUT2D eigenvalue weighted by Gasteiger charge is -2.41. The van der Waals surface area contributed by atoms with Gasteiger partial charge in [0.15, 0.2) is 0 Å². The van der Waals surface area contributed by atoms with Gasteiger partial charge in [-0.05, 0) is 39.5 Å². The second-order valence-electron chi connectivity index (χ2n) is 9.42. The molecular weight excluding hydrogens is 400 g/mol. The highest BCUT2D eigenvalue weighted by atomic mass is 16.6. The van der Waals surface area contributed by atoms with Gasteiger partial charge in [0.25, 0.3) is 0 Å². The summed E-state index contributed by atoms with van der Waals surface area (Å²) in [6.07, 6.45) is 2.35. The summed E-state index contributed by atoms with van der Waals surface area (Å²) in [5, 5.41) is 10.1. The van der Waals surface area contributed by atoms with Gasteiger partial charge in [-0.2, -0.15) is 0 Å². The fraction of sp³-hybridized carbons (Fsp3) is 0.783. The molecule has 1 N–H and O–H groups in total. The smallest absolute Gasteiger partial charge is 0.312 e. The van der Waals surface area contributed by atoms with Crippen molar-refractivity contribution >= 4 is 17.8 Å². The molecule has 0 aromatic heterocycles. The van der Waals surface area contributed by atoms with Crippen molar-refractivity contribution in [2.75, 3.05) is 19.8 Å². The third-order valence-electron chi connectivity index (χ3n) is 7.08. The van der Waals surface area contributed by atoms with E-state index in [2.05, 4.69) is 6.58 Å². The van der Waals surface area contributed by atoms with Crippen LogP contribution in [-0.4, -0.2) is 82.3 Å². The van der Waals surface area contributed by atoms with E-state index in [-0.39, 0.29) is 37.0 Å². The highest BCUT2D eigenvalue weighted by molar-refractivity contribution is 5.98. The van der Waals surface area contributed by atoms with Crippen LogP contribution in [0.3, 0.4) is 0 Å². The zero-order valence-electron chi connectivity index (χ0n) is 19.2. The monoisotopic (exact) mass is 436 g/mol. The molecule has 174 valence electrons. The standard InChI is InChI=1S/C23H36N2O6/c1-7-11-24(14(5)6)21(28)19-23-10-9-16(31-23)17(22(29)30-8-2)18(23)20(27)25(19)15(12-26)13(3)4/h7,13-19,26H,1,8-12H2,2-6H3/t15-,16-,17+,18-,19?,23?/m0/s1. The van der Waals surface area contributed by atoms with Crippen molar-refractivity contribution in [3.63, 3.8) is 0 Å². The molecule has 8 heteroatoms. The topological polar surface area (TPSA) is 96.4 Å². The van der Waals surface area contributed by atoms with E-state index in [1.807, 2.05) is 27.7 Å². The van der Waals surface area contributed by atoms with Crippen LogP contribution in [0.2, 0.25) is 0 Å². The summed E-state index contributed by atoms with van der Waals surface area (Å²) in [5.41, 5.74) is -1.08. The number of ether oxygens (including phenoxy) is 2. The molecule has 3 heterocycles. The molecule has 3 aliphatic heterocycles. The van der Waals surface area contributed by atoms with Crippen LogP contribution in [0.25, 0.3) is 0 Å². The Bertz CT molecular complexity index is 738. The molecule has 1 spiro atoms. The first kappa shape index (κ1) is 23.7. The van der Waals surface area contributed by atoms with Crippen LogP contribution in [0.1, 0.15) is 47.5 Å². The first-order valence-corrected chi connectivity index (χ1v) is 11.3. The van der Waals surface area contributed by atoms with Crippen LogP contribution in [0.4, 0.5) is 0 Å². The minimum atomic E-state index is -1.08. The molecule has 0 aromatic rings. The molecule has 2 unspecified atom stereocenters. The van der Waals surface area contributed by atoms with Gasteiger partial charge in [0.2, 0.25) is 11.8 Å². The van der Waals surface area contributed by atoms with E-state index < -0.39 is 41.6 Å². The Kier molecular flexibility index (Phi) is 6.81. The Morgan fingerprint density at radius 3 is 2.58 bits per heavy atom. The summed E-state index contributed by atoms with van der Waals surface area (Å²) >= 11 is 0. The Morgan fingerprint density at radius 1 is 1.39 bits per heavy atom. The summed E-state index contributed by atoms with van der Waals surface area (Å²) in [5.74, 6) is -2.55. The average Bonchev–Trinajstić information content (AvgIpc) is 3.34. The number of esters is 1. The number of hydrogen-bond acceptors (Lipinski definition) is 6. The van der Waals surface area contributed by atoms with Gasteiger partial charge in [0, 0.05) is 12.6 Å². The summed E-state index contributed by atoms with van der Waals surface area (Å²) in [6, 6.07) is -1.55. The van der Waals surface area contributed by atoms with Gasteiger partial charge < -0.3 is 24.4 Å². The third kappa shape index (κ3) is 3.57. The number of fused-ring (bicyclic) bond motifs is 1. The molecule has 31 heavy (non-hydrogen) atoms. The number of amides is 2. The number of carbonyl (C=O) groups excluding carboxylic acids is 3. The number of carbonyl (C=O) groups is 3. The average molecular weight is 437 g/mol. The molecule has 2 amide bonds. The molecular formula is C23H36N2O6. The van der Waals surface area contributed by atoms with Crippen molar-refractivity contribution in [3.05, 3.63) is 12.7 Å². The maximum Gasteiger partial charge on any atom is 0.312 e. The molecule has 0 saturated carbocycles. The number of hydrogen-bond donors (Lipinski definition) is 1. The lowest BCUT2D eigenvalue weighted by molar-refractivity contribution is -0.157. The molecule has 3 aliphatic rings. The SMILES string of the molecule is C=CCN(C(=O)C1N([C@@H](CO)C(C)C)C(=O)[C@@H]2[C@H](C(=O)OCC)[C@@H]3CCC12O3)C(C)C. The van der Waals surface area contributed by atoms with Gasteiger partial charge in [-0.15, -0.1) is 6.58 Å². The molecule has 6 atom stereocenters. The zero-order valence-corrected chi connectivity index (χ0v) is 19.2. The molecule has 0 aliphatic carbocycles. The van der Waals surface area contributed by atoms with Crippen molar-refractivity contribution in [3.8, 4) is 0 Å². The number of aliphatic hydroxyl groups is 1. The van der Waals surface area contributed by atoms with Crippen molar-refractivity contribution in [2.45, 2.75) is 77.3 Å². The highest BCUT2D eigenvalue weighted by Crippen LogP contribution is 2.59. The molecule has 0 radical (unpaired) electrons. The van der Waals surface area contributed by atoms with Crippen LogP contribution in [0.15, 0.2) is 12.7 Å². The van der Waals surface area contributed by atoms with Crippen LogP contribution in [0.5, 0.6) is 0 Å². The second kappa shape index (κ2) is 8.90. The van der Waals surface area contributed by atoms with Gasteiger partial charge >= 0.3 is 5.97 Å². The zero-order chi connectivity index (χ0) is 23.1. The molecule has 2 bridgehead atoms. The Morgan fingerprint density at radius 2 is 2.06 bits per heavy atom. The van der Waals surface area contributed by atoms with E-state index in [4.69, 9.17) is 9.47 Å². The van der Waals surface area contributed by atoms with Crippen molar-refractivity contribution in [2.24, 2.45) is 17.8 Å². The second-order valence-corrected chi connectivity index (χ2v) is 9.42. The maximum absolute atomic E-state index is 13.9. The number of aliphatic hydroxyl groups excluding tert-OH is 1. The van der Waals surface area contributed by atoms with E-state index in [1.54, 1.807) is 17.9 Å². The first-order valence-electron chi connectivity index (χ1n) is 11.3. The fourth-order valence-electron chi connectivity index (χ4n) is 5.71. The molecule has 3 rings (SSSR count). The van der Waals surface area contributed by atoms with E-state index in [0.717, 1.165) is 0 Å². The minimum absolute atomic E-state index is 0.0791. The molecule has 8 nitrogen and oxygen atoms in total.